The zero-order valence-corrected chi connectivity index (χ0v) is 16.3. The summed E-state index contributed by atoms with van der Waals surface area (Å²) < 4.78 is 21.8. The Kier molecular flexibility index (Phi) is 6.74. The normalized spacial score (nSPS) is 16.8. The molecule has 144 valence electrons. The number of carbonyl (C=O) groups excluding carboxylic acids is 1. The lowest BCUT2D eigenvalue weighted by Crippen LogP contribution is -2.23. The van der Waals surface area contributed by atoms with Gasteiger partial charge in [-0.3, -0.25) is 9.00 Å². The van der Waals surface area contributed by atoms with Crippen molar-refractivity contribution >= 4 is 22.8 Å². The van der Waals surface area contributed by atoms with E-state index in [4.69, 9.17) is 0 Å². The van der Waals surface area contributed by atoms with Crippen molar-refractivity contribution in [1.29, 1.82) is 0 Å². The van der Waals surface area contributed by atoms with Gasteiger partial charge >= 0.3 is 0 Å². The third-order valence-electron chi connectivity index (χ3n) is 5.19. The van der Waals surface area contributed by atoms with Gasteiger partial charge in [0.15, 0.2) is 0 Å². The maximum absolute atomic E-state index is 13.0. The van der Waals surface area contributed by atoms with E-state index in [2.05, 4.69) is 10.3 Å². The van der Waals surface area contributed by atoms with Crippen LogP contribution in [0.2, 0.25) is 0 Å². The maximum atomic E-state index is 13.0. The van der Waals surface area contributed by atoms with Gasteiger partial charge < -0.3 is 9.87 Å². The quantitative estimate of drug-likeness (QED) is 0.728. The van der Waals surface area contributed by atoms with E-state index in [9.17, 15) is 13.6 Å². The van der Waals surface area contributed by atoms with Gasteiger partial charge in [-0.05, 0) is 42.0 Å². The topological polar surface area (TPSA) is 82.1 Å². The number of carbonyl (C=O) groups is 1. The Bertz CT molecular complexity index is 784. The number of nitrogens with one attached hydrogen (secondary N) is 1. The first-order valence-electron chi connectivity index (χ1n) is 9.39. The van der Waals surface area contributed by atoms with Crippen LogP contribution in [0, 0.1) is 12.8 Å². The van der Waals surface area contributed by atoms with Crippen molar-refractivity contribution < 1.29 is 13.6 Å². The number of aryl methyl sites for hydroxylation is 1. The fourth-order valence-electron chi connectivity index (χ4n) is 3.71. The molecule has 1 amide bonds. The van der Waals surface area contributed by atoms with Gasteiger partial charge in [0.2, 0.25) is 5.91 Å². The van der Waals surface area contributed by atoms with Crippen LogP contribution in [0.5, 0.6) is 0 Å². The first kappa shape index (κ1) is 19.7. The number of rotatable bonds is 7. The molecule has 2 atom stereocenters. The largest absolute Gasteiger partial charge is 0.772 e. The first-order chi connectivity index (χ1) is 13.0. The van der Waals surface area contributed by atoms with Crippen LogP contribution in [-0.4, -0.2) is 19.7 Å². The molecule has 0 saturated heterocycles. The molecule has 2 aromatic rings. The average Bonchev–Trinajstić information content (AvgIpc) is 3.15. The summed E-state index contributed by atoms with van der Waals surface area (Å²) in [5.74, 6) is 0.787. The Hall–Kier alpha value is -2.05. The minimum absolute atomic E-state index is 0.00689. The molecule has 1 N–H and O–H groups in total. The van der Waals surface area contributed by atoms with E-state index < -0.39 is 11.1 Å². The predicted molar refractivity (Wildman–Crippen MR) is 106 cm³/mol. The minimum Gasteiger partial charge on any atom is -0.772 e. The molecule has 1 aromatic heterocycles. The summed E-state index contributed by atoms with van der Waals surface area (Å²) in [5, 5.41) is 2.94. The lowest BCUT2D eigenvalue weighted by Gasteiger charge is -2.21. The summed E-state index contributed by atoms with van der Waals surface area (Å²) in [4.78, 5) is 17.3. The van der Waals surface area contributed by atoms with Gasteiger partial charge in [-0.1, -0.05) is 67.1 Å². The van der Waals surface area contributed by atoms with Crippen molar-refractivity contribution in [2.24, 2.45) is 5.92 Å². The smallest absolute Gasteiger partial charge is 0.233 e. The van der Waals surface area contributed by atoms with Crippen LogP contribution in [0.3, 0.4) is 0 Å². The molecule has 1 aliphatic rings. The van der Waals surface area contributed by atoms with E-state index in [1.165, 1.54) is 25.7 Å². The molecule has 1 aliphatic carbocycles. The summed E-state index contributed by atoms with van der Waals surface area (Å²) >= 11 is -2.11. The molecule has 1 heterocycles. The second-order valence-electron chi connectivity index (χ2n) is 7.34. The molecule has 0 spiro atoms. The Balaban J connectivity index is 1.77. The lowest BCUT2D eigenvalue weighted by molar-refractivity contribution is -0.118. The monoisotopic (exact) mass is 385 g/mol. The molecule has 1 fully saturated rings. The van der Waals surface area contributed by atoms with Crippen molar-refractivity contribution in [3.63, 3.8) is 0 Å². The van der Waals surface area contributed by atoms with Gasteiger partial charge in [-0.2, -0.15) is 0 Å². The summed E-state index contributed by atoms with van der Waals surface area (Å²) in [6.07, 6.45) is 7.34. The number of hydrogen-bond acceptors (Lipinski definition) is 4. The Labute approximate surface area is 162 Å². The number of aromatic nitrogens is 1. The van der Waals surface area contributed by atoms with E-state index in [0.29, 0.717) is 11.7 Å². The molecule has 1 saturated carbocycles. The van der Waals surface area contributed by atoms with Crippen LogP contribution in [-0.2, 0) is 21.6 Å². The van der Waals surface area contributed by atoms with E-state index in [1.54, 1.807) is 18.3 Å². The van der Waals surface area contributed by atoms with Crippen LogP contribution in [0.4, 0.5) is 5.82 Å². The Morgan fingerprint density at radius 1 is 1.22 bits per heavy atom. The highest BCUT2D eigenvalue weighted by molar-refractivity contribution is 7.78. The molecule has 0 bridgehead atoms. The Morgan fingerprint density at radius 3 is 2.52 bits per heavy atom. The molecule has 1 aromatic carbocycles. The van der Waals surface area contributed by atoms with Gasteiger partial charge in [-0.25, -0.2) is 4.98 Å². The van der Waals surface area contributed by atoms with Crippen LogP contribution in [0.1, 0.15) is 54.7 Å². The number of hydrogen-bond donors (Lipinski definition) is 1. The van der Waals surface area contributed by atoms with E-state index in [1.807, 2.05) is 31.2 Å². The highest BCUT2D eigenvalue weighted by Gasteiger charge is 2.27. The van der Waals surface area contributed by atoms with Crippen molar-refractivity contribution in [1.82, 2.24) is 4.98 Å². The van der Waals surface area contributed by atoms with Gasteiger partial charge in [0.05, 0.1) is 5.92 Å². The van der Waals surface area contributed by atoms with Crippen molar-refractivity contribution in [2.45, 2.75) is 50.7 Å². The van der Waals surface area contributed by atoms with Crippen LogP contribution in [0.15, 0.2) is 42.6 Å². The summed E-state index contributed by atoms with van der Waals surface area (Å²) in [7, 11) is 0. The van der Waals surface area contributed by atoms with Crippen molar-refractivity contribution in [2.75, 3.05) is 5.32 Å². The molecule has 27 heavy (non-hydrogen) atoms. The van der Waals surface area contributed by atoms with Crippen molar-refractivity contribution in [3.8, 4) is 0 Å². The fourth-order valence-corrected chi connectivity index (χ4v) is 4.18. The second kappa shape index (κ2) is 9.24. The van der Waals surface area contributed by atoms with Gasteiger partial charge in [0.25, 0.3) is 0 Å². The molecule has 5 nitrogen and oxygen atoms in total. The molecule has 0 radical (unpaired) electrons. The number of benzene rings is 1. The predicted octanol–water partition coefficient (Wildman–Crippen LogP) is 4.07. The third kappa shape index (κ3) is 5.71. The lowest BCUT2D eigenvalue weighted by atomic mass is 9.87. The maximum Gasteiger partial charge on any atom is 0.233 e. The zero-order chi connectivity index (χ0) is 19.2. The molecular formula is C21H25N2O3S-. The highest BCUT2D eigenvalue weighted by Crippen LogP contribution is 2.35. The number of nitrogens with zero attached hydrogens (tertiary/aromatic N) is 1. The number of amides is 1. The zero-order valence-electron chi connectivity index (χ0n) is 15.5. The van der Waals surface area contributed by atoms with E-state index in [-0.39, 0.29) is 17.6 Å². The summed E-state index contributed by atoms with van der Waals surface area (Å²) in [6, 6.07) is 11.1. The van der Waals surface area contributed by atoms with E-state index >= 15 is 0 Å². The number of pyridine rings is 1. The second-order valence-corrected chi connectivity index (χ2v) is 8.23. The molecule has 3 rings (SSSR count). The SMILES string of the molecule is Cc1ccc(NC(=O)C(CC2CCCC2)c2ccc(CS(=O)[O-])cc2)nc1. The summed E-state index contributed by atoms with van der Waals surface area (Å²) in [5.41, 5.74) is 2.70. The molecule has 6 heteroatoms. The van der Waals surface area contributed by atoms with Crippen LogP contribution in [0.25, 0.3) is 0 Å². The number of anilines is 1. The third-order valence-corrected chi connectivity index (χ3v) is 5.76. The molecular weight excluding hydrogens is 360 g/mol. The molecule has 0 aliphatic heterocycles. The van der Waals surface area contributed by atoms with Gasteiger partial charge in [0.1, 0.15) is 5.82 Å². The van der Waals surface area contributed by atoms with Crippen LogP contribution >= 0.6 is 0 Å². The minimum atomic E-state index is -2.11. The average molecular weight is 386 g/mol. The van der Waals surface area contributed by atoms with Gasteiger partial charge in [-0.15, -0.1) is 0 Å². The highest BCUT2D eigenvalue weighted by atomic mass is 32.2. The fraction of sp³-hybridized carbons (Fsp3) is 0.429. The van der Waals surface area contributed by atoms with Gasteiger partial charge in [0, 0.05) is 11.9 Å². The van der Waals surface area contributed by atoms with Crippen molar-refractivity contribution in [3.05, 3.63) is 59.3 Å². The first-order valence-corrected chi connectivity index (χ1v) is 10.6. The summed E-state index contributed by atoms with van der Waals surface area (Å²) in [6.45, 7) is 1.96. The molecule has 2 unspecified atom stereocenters. The van der Waals surface area contributed by atoms with E-state index in [0.717, 1.165) is 23.1 Å². The van der Waals surface area contributed by atoms with Crippen LogP contribution < -0.4 is 5.32 Å². The Morgan fingerprint density at radius 2 is 1.93 bits per heavy atom. The standard InChI is InChI=1S/C21H26N2O3S/c1-15-6-11-20(22-13-15)23-21(24)19(12-16-4-2-3-5-16)18-9-7-17(8-10-18)14-27(25)26/h6-11,13,16,19H,2-5,12,14H2,1H3,(H,25,26)(H,22,23,24)/p-1.